The lowest BCUT2D eigenvalue weighted by Crippen LogP contribution is -2.41. The van der Waals surface area contributed by atoms with Gasteiger partial charge in [0, 0.05) is 31.1 Å². The van der Waals surface area contributed by atoms with Crippen LogP contribution in [-0.2, 0) is 57.0 Å². The first-order valence-electron chi connectivity index (χ1n) is 30.9. The minimum absolute atomic E-state index is 0.105. The van der Waals surface area contributed by atoms with Crippen molar-refractivity contribution in [2.75, 3.05) is 39.6 Å². The summed E-state index contributed by atoms with van der Waals surface area (Å²) in [7, 11) is 0. The highest BCUT2D eigenvalue weighted by molar-refractivity contribution is 5.70. The maximum Gasteiger partial charge on any atom is 0.306 e. The van der Waals surface area contributed by atoms with E-state index in [2.05, 4.69) is 55.4 Å². The number of hydrogen-bond donors (Lipinski definition) is 0. The van der Waals surface area contributed by atoms with Gasteiger partial charge in [-0.15, -0.1) is 0 Å². The fraction of sp³-hybridized carbons (Fsp3) is 0.951. The normalized spacial score (nSPS) is 21.3. The quantitative estimate of drug-likeness (QED) is 0.0328. The van der Waals surface area contributed by atoms with Crippen LogP contribution in [0.4, 0.5) is 0 Å². The summed E-state index contributed by atoms with van der Waals surface area (Å²) in [6.07, 6.45) is 40.9. The lowest BCUT2D eigenvalue weighted by Gasteiger charge is -2.33. The third kappa shape index (κ3) is 40.1. The lowest BCUT2D eigenvalue weighted by atomic mass is 9.98. The van der Waals surface area contributed by atoms with Crippen LogP contribution in [0.3, 0.4) is 0 Å². The largest absolute Gasteiger partial charge is 0.457 e. The van der Waals surface area contributed by atoms with Crippen molar-refractivity contribution < 1.29 is 57.0 Å². The Morgan fingerprint density at radius 1 is 0.370 bits per heavy atom. The molecule has 3 saturated heterocycles. The van der Waals surface area contributed by atoms with Gasteiger partial charge < -0.3 is 42.6 Å². The van der Waals surface area contributed by atoms with Gasteiger partial charge in [-0.25, -0.2) is 0 Å². The Morgan fingerprint density at radius 2 is 0.658 bits per heavy atom. The van der Waals surface area contributed by atoms with E-state index in [4.69, 9.17) is 42.6 Å². The molecule has 0 aromatic carbocycles. The zero-order valence-corrected chi connectivity index (χ0v) is 48.7. The Bertz CT molecular complexity index is 1230. The SMILES string of the molecule is CCCCCCCCCCCC(=O)OC1COC(C(C)C)OC1.CCCCCCCCCCCC(=O)OC1COC(C(CC)CCCC)OC1.CCCCCCCCCCCC(=O)OC1COC(CCC)OC1. The number of ether oxygens (including phenoxy) is 9. The summed E-state index contributed by atoms with van der Waals surface area (Å²) >= 11 is 0. The molecular formula is C61H116O12. The predicted octanol–water partition coefficient (Wildman–Crippen LogP) is 16.2. The first kappa shape index (κ1) is 69.2. The Balaban J connectivity index is 0.000000550. The summed E-state index contributed by atoms with van der Waals surface area (Å²) in [6.45, 7) is 20.1. The molecule has 12 nitrogen and oxygen atoms in total. The second-order valence-electron chi connectivity index (χ2n) is 21.6. The van der Waals surface area contributed by atoms with Crippen molar-refractivity contribution in [2.24, 2.45) is 11.8 Å². The molecule has 3 rings (SSSR count). The first-order valence-corrected chi connectivity index (χ1v) is 30.9. The van der Waals surface area contributed by atoms with Crippen LogP contribution < -0.4 is 0 Å². The molecule has 0 radical (unpaired) electrons. The van der Waals surface area contributed by atoms with E-state index in [-0.39, 0.29) is 55.1 Å². The molecule has 0 N–H and O–H groups in total. The Morgan fingerprint density at radius 3 is 0.945 bits per heavy atom. The predicted molar refractivity (Wildman–Crippen MR) is 295 cm³/mol. The third-order valence-corrected chi connectivity index (χ3v) is 14.0. The third-order valence-electron chi connectivity index (χ3n) is 14.0. The zero-order chi connectivity index (χ0) is 53.4. The molecule has 0 aromatic rings. The van der Waals surface area contributed by atoms with Crippen LogP contribution >= 0.6 is 0 Å². The molecule has 73 heavy (non-hydrogen) atoms. The molecular weight excluding hydrogens is 925 g/mol. The van der Waals surface area contributed by atoms with Crippen LogP contribution in [-0.4, -0.2) is 94.7 Å². The molecule has 0 bridgehead atoms. The van der Waals surface area contributed by atoms with E-state index >= 15 is 0 Å². The second-order valence-corrected chi connectivity index (χ2v) is 21.6. The standard InChI is InChI=1S/C23H44O4.2C19H36O4/c1-4-7-9-10-11-12-13-14-15-17-22(24)27-21-18-25-23(26-19-21)20(6-3)16-8-5-2;1-4-5-6-7-8-9-10-11-12-13-18(20)23-17-14-21-19(16(2)3)22-15-17;1-3-5-6-7-8-9-10-11-12-14-18(20)23-17-15-21-19(13-4-2)22-16-17/h20-21,23H,4-19H2,1-3H3;16-17,19H,4-15H2,1-3H3;17,19H,3-16H2,1-2H3. The number of hydrogen-bond acceptors (Lipinski definition) is 12. The maximum absolute atomic E-state index is 12.0. The molecule has 1 atom stereocenters. The molecule has 3 heterocycles. The topological polar surface area (TPSA) is 134 Å². The van der Waals surface area contributed by atoms with Gasteiger partial charge in [-0.1, -0.05) is 229 Å². The van der Waals surface area contributed by atoms with Gasteiger partial charge in [0.25, 0.3) is 0 Å². The van der Waals surface area contributed by atoms with Gasteiger partial charge in [0.15, 0.2) is 18.9 Å². The van der Waals surface area contributed by atoms with Crippen molar-refractivity contribution >= 4 is 17.9 Å². The van der Waals surface area contributed by atoms with Crippen LogP contribution in [0, 0.1) is 11.8 Å². The minimum Gasteiger partial charge on any atom is -0.457 e. The highest BCUT2D eigenvalue weighted by Crippen LogP contribution is 2.25. The molecule has 3 aliphatic heterocycles. The Labute approximate surface area is 448 Å². The molecule has 0 aliphatic carbocycles. The van der Waals surface area contributed by atoms with Crippen molar-refractivity contribution in [2.45, 2.75) is 324 Å². The van der Waals surface area contributed by atoms with Gasteiger partial charge in [0.2, 0.25) is 0 Å². The fourth-order valence-electron chi connectivity index (χ4n) is 9.26. The Kier molecular flexibility index (Phi) is 47.1. The van der Waals surface area contributed by atoms with E-state index in [0.717, 1.165) is 64.2 Å². The minimum atomic E-state index is -0.240. The van der Waals surface area contributed by atoms with E-state index in [0.29, 0.717) is 70.7 Å². The van der Waals surface area contributed by atoms with Crippen LogP contribution in [0.15, 0.2) is 0 Å². The lowest BCUT2D eigenvalue weighted by molar-refractivity contribution is -0.245. The molecule has 3 fully saturated rings. The van der Waals surface area contributed by atoms with Crippen LogP contribution in [0.1, 0.15) is 287 Å². The summed E-state index contributed by atoms with van der Waals surface area (Å²) in [4.78, 5) is 35.6. The van der Waals surface area contributed by atoms with E-state index in [1.54, 1.807) is 0 Å². The summed E-state index contributed by atoms with van der Waals surface area (Å²) in [5, 5.41) is 0. The van der Waals surface area contributed by atoms with Crippen molar-refractivity contribution in [3.05, 3.63) is 0 Å². The van der Waals surface area contributed by atoms with Crippen molar-refractivity contribution in [1.82, 2.24) is 0 Å². The molecule has 0 saturated carbocycles. The first-order chi connectivity index (χ1) is 35.6. The second kappa shape index (κ2) is 49.7. The van der Waals surface area contributed by atoms with Gasteiger partial charge in [0.1, 0.15) is 18.3 Å². The van der Waals surface area contributed by atoms with Crippen molar-refractivity contribution in [3.63, 3.8) is 0 Å². The van der Waals surface area contributed by atoms with Crippen LogP contribution in [0.5, 0.6) is 0 Å². The number of esters is 3. The van der Waals surface area contributed by atoms with E-state index in [1.807, 2.05) is 0 Å². The molecule has 0 amide bonds. The maximum atomic E-state index is 12.0. The van der Waals surface area contributed by atoms with E-state index < -0.39 is 0 Å². The summed E-state index contributed by atoms with van der Waals surface area (Å²) < 4.78 is 50.2. The monoisotopic (exact) mass is 1040 g/mol. The summed E-state index contributed by atoms with van der Waals surface area (Å²) in [5.41, 5.74) is 0. The zero-order valence-electron chi connectivity index (χ0n) is 48.7. The van der Waals surface area contributed by atoms with Gasteiger partial charge in [-0.2, -0.15) is 0 Å². The van der Waals surface area contributed by atoms with Crippen LogP contribution in [0.2, 0.25) is 0 Å². The van der Waals surface area contributed by atoms with Gasteiger partial charge >= 0.3 is 17.9 Å². The number of rotatable bonds is 41. The van der Waals surface area contributed by atoms with Crippen molar-refractivity contribution in [1.29, 1.82) is 0 Å². The smallest absolute Gasteiger partial charge is 0.306 e. The summed E-state index contributed by atoms with van der Waals surface area (Å²) in [5.74, 6) is 0.441. The van der Waals surface area contributed by atoms with Gasteiger partial charge in [-0.3, -0.25) is 14.4 Å². The highest BCUT2D eigenvalue weighted by Gasteiger charge is 2.30. The van der Waals surface area contributed by atoms with Crippen molar-refractivity contribution in [3.8, 4) is 0 Å². The Hall–Kier alpha value is -1.83. The molecule has 1 unspecified atom stereocenters. The molecule has 3 aliphatic rings. The molecule has 0 spiro atoms. The molecule has 432 valence electrons. The molecule has 0 aromatic heterocycles. The highest BCUT2D eigenvalue weighted by atomic mass is 16.7. The average Bonchev–Trinajstić information content (AvgIpc) is 3.39. The average molecular weight is 1040 g/mol. The fourth-order valence-corrected chi connectivity index (χ4v) is 9.26. The number of carbonyl (C=O) groups excluding carboxylic acids is 3. The van der Waals surface area contributed by atoms with Gasteiger partial charge in [0.05, 0.1) is 39.6 Å². The van der Waals surface area contributed by atoms with Crippen LogP contribution in [0.25, 0.3) is 0 Å². The molecule has 12 heteroatoms. The van der Waals surface area contributed by atoms with E-state index in [1.165, 1.54) is 148 Å². The number of unbranched alkanes of at least 4 members (excludes halogenated alkanes) is 25. The van der Waals surface area contributed by atoms with Gasteiger partial charge in [-0.05, 0) is 38.5 Å². The number of carbonyl (C=O) groups is 3. The summed E-state index contributed by atoms with van der Waals surface area (Å²) in [6, 6.07) is 0. The van der Waals surface area contributed by atoms with E-state index in [9.17, 15) is 14.4 Å².